The highest BCUT2D eigenvalue weighted by Gasteiger charge is 2.07. The summed E-state index contributed by atoms with van der Waals surface area (Å²) >= 11 is 0. The van der Waals surface area contributed by atoms with Crippen LogP contribution in [0.2, 0.25) is 0 Å². The molecule has 0 saturated heterocycles. The minimum Gasteiger partial charge on any atom is -0.351 e. The highest BCUT2D eigenvalue weighted by Crippen LogP contribution is 2.16. The van der Waals surface area contributed by atoms with Crippen molar-refractivity contribution in [2.24, 2.45) is 5.92 Å². The van der Waals surface area contributed by atoms with E-state index < -0.39 is 0 Å². The Morgan fingerprint density at radius 3 is 2.46 bits per heavy atom. The summed E-state index contributed by atoms with van der Waals surface area (Å²) in [6.07, 6.45) is 4.59. The Morgan fingerprint density at radius 2 is 2.00 bits per heavy atom. The van der Waals surface area contributed by atoms with Crippen LogP contribution in [0.15, 0.2) is 12.3 Å². The standard InChI is InChI=1S/C12H21N/c1-5-11-7-8-13(6-2)12(11)9-10(3)4/h7-8,10H,5-6,9H2,1-4H3. The predicted molar refractivity (Wildman–Crippen MR) is 58.0 cm³/mol. The largest absolute Gasteiger partial charge is 0.351 e. The zero-order valence-corrected chi connectivity index (χ0v) is 9.30. The molecule has 0 fully saturated rings. The van der Waals surface area contributed by atoms with Gasteiger partial charge in [-0.2, -0.15) is 0 Å². The molecule has 0 spiro atoms. The summed E-state index contributed by atoms with van der Waals surface area (Å²) in [4.78, 5) is 0. The van der Waals surface area contributed by atoms with E-state index in [9.17, 15) is 0 Å². The van der Waals surface area contributed by atoms with Crippen molar-refractivity contribution >= 4 is 0 Å². The van der Waals surface area contributed by atoms with Gasteiger partial charge in [0, 0.05) is 18.4 Å². The molecule has 0 atom stereocenters. The van der Waals surface area contributed by atoms with Crippen molar-refractivity contribution in [3.05, 3.63) is 23.5 Å². The molecule has 1 rings (SSSR count). The highest BCUT2D eigenvalue weighted by molar-refractivity contribution is 5.22. The van der Waals surface area contributed by atoms with Crippen molar-refractivity contribution in [2.45, 2.75) is 47.1 Å². The maximum absolute atomic E-state index is 2.37. The maximum Gasteiger partial charge on any atom is 0.0209 e. The van der Waals surface area contributed by atoms with Crippen LogP contribution in [0.5, 0.6) is 0 Å². The van der Waals surface area contributed by atoms with E-state index in [4.69, 9.17) is 0 Å². The van der Waals surface area contributed by atoms with Crippen molar-refractivity contribution in [3.8, 4) is 0 Å². The molecule has 1 aromatic rings. The molecule has 0 aliphatic rings. The summed E-state index contributed by atoms with van der Waals surface area (Å²) in [7, 11) is 0. The Kier molecular flexibility index (Phi) is 3.58. The van der Waals surface area contributed by atoms with Gasteiger partial charge < -0.3 is 4.57 Å². The smallest absolute Gasteiger partial charge is 0.0209 e. The lowest BCUT2D eigenvalue weighted by molar-refractivity contribution is 0.593. The van der Waals surface area contributed by atoms with Gasteiger partial charge in [0.25, 0.3) is 0 Å². The molecule has 1 heterocycles. The van der Waals surface area contributed by atoms with Crippen molar-refractivity contribution in [3.63, 3.8) is 0 Å². The fourth-order valence-electron chi connectivity index (χ4n) is 1.80. The molecule has 0 amide bonds. The highest BCUT2D eigenvalue weighted by atomic mass is 15.0. The molecule has 1 nitrogen and oxygen atoms in total. The van der Waals surface area contributed by atoms with Gasteiger partial charge in [-0.05, 0) is 37.3 Å². The third-order valence-electron chi connectivity index (χ3n) is 2.50. The second-order valence-corrected chi connectivity index (χ2v) is 4.03. The third kappa shape index (κ3) is 2.36. The monoisotopic (exact) mass is 179 g/mol. The topological polar surface area (TPSA) is 4.93 Å². The molecule has 0 saturated carbocycles. The van der Waals surface area contributed by atoms with Crippen LogP contribution in [-0.2, 0) is 19.4 Å². The molecule has 0 radical (unpaired) electrons. The average molecular weight is 179 g/mol. The van der Waals surface area contributed by atoms with Crippen LogP contribution in [0, 0.1) is 5.92 Å². The first kappa shape index (κ1) is 10.4. The van der Waals surface area contributed by atoms with Gasteiger partial charge in [-0.1, -0.05) is 20.8 Å². The molecule has 0 aliphatic heterocycles. The van der Waals surface area contributed by atoms with Gasteiger partial charge in [0.2, 0.25) is 0 Å². The van der Waals surface area contributed by atoms with Crippen LogP contribution < -0.4 is 0 Å². The van der Waals surface area contributed by atoms with Crippen molar-refractivity contribution in [1.29, 1.82) is 0 Å². The van der Waals surface area contributed by atoms with Gasteiger partial charge in [-0.25, -0.2) is 0 Å². The zero-order chi connectivity index (χ0) is 9.84. The molecule has 1 heteroatoms. The van der Waals surface area contributed by atoms with E-state index in [2.05, 4.69) is 44.5 Å². The summed E-state index contributed by atoms with van der Waals surface area (Å²) in [5.41, 5.74) is 3.07. The molecule has 0 aromatic carbocycles. The second-order valence-electron chi connectivity index (χ2n) is 4.03. The molecular weight excluding hydrogens is 158 g/mol. The third-order valence-corrected chi connectivity index (χ3v) is 2.50. The van der Waals surface area contributed by atoms with E-state index in [1.807, 2.05) is 0 Å². The van der Waals surface area contributed by atoms with E-state index >= 15 is 0 Å². The van der Waals surface area contributed by atoms with Gasteiger partial charge in [-0.15, -0.1) is 0 Å². The molecule has 0 aliphatic carbocycles. The number of aromatic nitrogens is 1. The van der Waals surface area contributed by atoms with Gasteiger partial charge >= 0.3 is 0 Å². The first-order chi connectivity index (χ1) is 6.19. The Labute approximate surface area is 81.8 Å². The van der Waals surface area contributed by atoms with Gasteiger partial charge in [0.05, 0.1) is 0 Å². The Morgan fingerprint density at radius 1 is 1.31 bits per heavy atom. The zero-order valence-electron chi connectivity index (χ0n) is 9.30. The molecule has 0 unspecified atom stereocenters. The minimum absolute atomic E-state index is 0.755. The van der Waals surface area contributed by atoms with E-state index in [0.29, 0.717) is 0 Å². The van der Waals surface area contributed by atoms with Gasteiger partial charge in [0.1, 0.15) is 0 Å². The van der Waals surface area contributed by atoms with Crippen molar-refractivity contribution in [1.82, 2.24) is 4.57 Å². The van der Waals surface area contributed by atoms with E-state index in [1.54, 1.807) is 5.69 Å². The molecule has 74 valence electrons. The lowest BCUT2D eigenvalue weighted by atomic mass is 10.0. The normalized spacial score (nSPS) is 11.2. The SMILES string of the molecule is CCc1ccn(CC)c1CC(C)C. The van der Waals surface area contributed by atoms with Crippen LogP contribution in [-0.4, -0.2) is 4.57 Å². The lowest BCUT2D eigenvalue weighted by Gasteiger charge is -2.11. The number of aryl methyl sites for hydroxylation is 2. The van der Waals surface area contributed by atoms with E-state index in [0.717, 1.165) is 18.9 Å². The Balaban J connectivity index is 2.91. The molecule has 0 N–H and O–H groups in total. The first-order valence-electron chi connectivity index (χ1n) is 5.35. The molecule has 13 heavy (non-hydrogen) atoms. The molecular formula is C12H21N. The lowest BCUT2D eigenvalue weighted by Crippen LogP contribution is -2.05. The van der Waals surface area contributed by atoms with E-state index in [1.165, 1.54) is 12.0 Å². The van der Waals surface area contributed by atoms with Crippen LogP contribution in [0.4, 0.5) is 0 Å². The van der Waals surface area contributed by atoms with Crippen LogP contribution in [0.1, 0.15) is 39.0 Å². The van der Waals surface area contributed by atoms with Crippen molar-refractivity contribution in [2.75, 3.05) is 0 Å². The van der Waals surface area contributed by atoms with Crippen molar-refractivity contribution < 1.29 is 0 Å². The Bertz CT molecular complexity index is 237. The summed E-state index contributed by atoms with van der Waals surface area (Å²) in [5.74, 6) is 0.755. The van der Waals surface area contributed by atoms with Gasteiger partial charge in [-0.3, -0.25) is 0 Å². The fourth-order valence-corrected chi connectivity index (χ4v) is 1.80. The first-order valence-corrected chi connectivity index (χ1v) is 5.35. The number of rotatable bonds is 4. The van der Waals surface area contributed by atoms with Gasteiger partial charge in [0.15, 0.2) is 0 Å². The summed E-state index contributed by atoms with van der Waals surface area (Å²) in [5, 5.41) is 0. The minimum atomic E-state index is 0.755. The Hall–Kier alpha value is -0.720. The molecule has 0 bridgehead atoms. The predicted octanol–water partition coefficient (Wildman–Crippen LogP) is 3.27. The fraction of sp³-hybridized carbons (Fsp3) is 0.667. The second kappa shape index (κ2) is 4.50. The average Bonchev–Trinajstić information content (AvgIpc) is 2.46. The summed E-state index contributed by atoms with van der Waals surface area (Å²) in [6.45, 7) is 10.1. The van der Waals surface area contributed by atoms with Crippen LogP contribution >= 0.6 is 0 Å². The number of hydrogen-bond acceptors (Lipinski definition) is 0. The quantitative estimate of drug-likeness (QED) is 0.668. The summed E-state index contributed by atoms with van der Waals surface area (Å²) in [6, 6.07) is 2.27. The molecule has 1 aromatic heterocycles. The summed E-state index contributed by atoms with van der Waals surface area (Å²) < 4.78 is 2.37. The van der Waals surface area contributed by atoms with Crippen LogP contribution in [0.3, 0.4) is 0 Å². The number of hydrogen-bond donors (Lipinski definition) is 0. The van der Waals surface area contributed by atoms with E-state index in [-0.39, 0.29) is 0 Å². The number of nitrogens with zero attached hydrogens (tertiary/aromatic N) is 1. The van der Waals surface area contributed by atoms with Crippen LogP contribution in [0.25, 0.3) is 0 Å². The maximum atomic E-state index is 2.37.